The normalized spacial score (nSPS) is 24.1. The van der Waals surface area contributed by atoms with Crippen LogP contribution in [0, 0.1) is 5.92 Å². The molecular formula is C31H42N4O4Si. The number of aliphatic hydroxyl groups excluding tert-OH is 1. The van der Waals surface area contributed by atoms with Crippen molar-refractivity contribution in [3.05, 3.63) is 77.6 Å². The van der Waals surface area contributed by atoms with E-state index in [4.69, 9.17) is 4.74 Å². The molecule has 5 rings (SSSR count). The fourth-order valence-corrected chi connectivity index (χ4v) is 9.34. The highest BCUT2D eigenvalue weighted by molar-refractivity contribution is 6.71. The van der Waals surface area contributed by atoms with E-state index in [2.05, 4.69) is 29.4 Å². The van der Waals surface area contributed by atoms with Gasteiger partial charge in [-0.2, -0.15) is 0 Å². The molecule has 2 saturated heterocycles. The van der Waals surface area contributed by atoms with Crippen molar-refractivity contribution in [2.24, 2.45) is 5.92 Å². The number of aryl methyl sites for hydroxylation is 2. The van der Waals surface area contributed by atoms with Crippen LogP contribution in [0.1, 0.15) is 55.3 Å². The van der Waals surface area contributed by atoms with Crippen molar-refractivity contribution in [3.8, 4) is 0 Å². The van der Waals surface area contributed by atoms with E-state index in [1.54, 1.807) is 0 Å². The molecule has 2 N–H and O–H groups in total. The van der Waals surface area contributed by atoms with Gasteiger partial charge in [-0.15, -0.1) is 5.10 Å². The van der Waals surface area contributed by atoms with Crippen LogP contribution in [0.15, 0.2) is 60.8 Å². The van der Waals surface area contributed by atoms with Gasteiger partial charge < -0.3 is 19.5 Å². The molecule has 8 nitrogen and oxygen atoms in total. The molecule has 1 unspecified atom stereocenters. The lowest BCUT2D eigenvalue weighted by molar-refractivity contribution is -0.117. The minimum atomic E-state index is -2.48. The monoisotopic (exact) mass is 562 g/mol. The van der Waals surface area contributed by atoms with Crippen molar-refractivity contribution in [3.63, 3.8) is 0 Å². The number of nitrogens with zero attached hydrogens (tertiary/aromatic N) is 4. The van der Waals surface area contributed by atoms with Gasteiger partial charge in [0.05, 0.1) is 30.4 Å². The maximum Gasteiger partial charge on any atom is 0.227 e. The third-order valence-electron chi connectivity index (χ3n) is 8.67. The van der Waals surface area contributed by atoms with Crippen molar-refractivity contribution in [2.45, 2.75) is 82.3 Å². The number of aromatic nitrogens is 3. The highest BCUT2D eigenvalue weighted by atomic mass is 28.4. The molecule has 9 heteroatoms. The third-order valence-corrected chi connectivity index (χ3v) is 11.2. The minimum Gasteiger partial charge on any atom is -0.432 e. The van der Waals surface area contributed by atoms with Gasteiger partial charge in [-0.25, -0.2) is 0 Å². The molecule has 2 aliphatic heterocycles. The Morgan fingerprint density at radius 1 is 1.10 bits per heavy atom. The maximum absolute atomic E-state index is 12.2. The molecule has 2 aromatic carbocycles. The van der Waals surface area contributed by atoms with E-state index in [1.807, 2.05) is 71.3 Å². The Hall–Kier alpha value is -2.85. The van der Waals surface area contributed by atoms with Crippen LogP contribution in [-0.4, -0.2) is 64.5 Å². The first-order valence-electron chi connectivity index (χ1n) is 14.6. The summed E-state index contributed by atoms with van der Waals surface area (Å²) in [5.74, 6) is 0.251. The summed E-state index contributed by atoms with van der Waals surface area (Å²) in [5, 5.41) is 18.7. The molecule has 2 aliphatic rings. The summed E-state index contributed by atoms with van der Waals surface area (Å²) in [6.07, 6.45) is 5.97. The Balaban J connectivity index is 1.22. The van der Waals surface area contributed by atoms with Crippen LogP contribution in [0.3, 0.4) is 0 Å². The molecule has 0 bridgehead atoms. The second kappa shape index (κ2) is 12.3. The zero-order valence-electron chi connectivity index (χ0n) is 23.8. The molecule has 5 atom stereocenters. The topological polar surface area (TPSA) is 101 Å². The smallest absolute Gasteiger partial charge is 0.227 e. The van der Waals surface area contributed by atoms with Crippen molar-refractivity contribution < 1.29 is 19.4 Å². The van der Waals surface area contributed by atoms with Crippen LogP contribution in [0.2, 0.25) is 18.6 Å². The molecule has 1 aromatic heterocycles. The zero-order chi connectivity index (χ0) is 28.3. The van der Waals surface area contributed by atoms with E-state index in [0.717, 1.165) is 49.2 Å². The third kappa shape index (κ3) is 6.38. The highest BCUT2D eigenvalue weighted by Crippen LogP contribution is 2.45. The summed E-state index contributed by atoms with van der Waals surface area (Å²) in [6.45, 7) is 7.66. The molecule has 214 valence electrons. The molecule has 2 fully saturated rings. The molecule has 3 heterocycles. The Labute approximate surface area is 238 Å². The van der Waals surface area contributed by atoms with Gasteiger partial charge in [-0.05, 0) is 68.0 Å². The van der Waals surface area contributed by atoms with Crippen molar-refractivity contribution in [1.29, 1.82) is 0 Å². The number of carbonyl (C=O) groups excluding carboxylic acids is 1. The SMILES string of the molecule is C[C@@H]1[C@@H]([Si](C)(C)O)[C@H](CCn2cc(C(CO)c3ccccc3)nn2)O[C@@H]1CCc1cccc(N2CCCC2=O)c1. The number of ether oxygens (including phenoxy) is 1. The molecule has 0 radical (unpaired) electrons. The Bertz CT molecular complexity index is 1280. The first kappa shape index (κ1) is 28.7. The predicted molar refractivity (Wildman–Crippen MR) is 158 cm³/mol. The molecule has 0 saturated carbocycles. The number of anilines is 1. The lowest BCUT2D eigenvalue weighted by atomic mass is 9.95. The molecule has 1 amide bonds. The van der Waals surface area contributed by atoms with E-state index >= 15 is 0 Å². The number of hydrogen-bond donors (Lipinski definition) is 2. The van der Waals surface area contributed by atoms with Crippen LogP contribution >= 0.6 is 0 Å². The number of benzene rings is 2. The van der Waals surface area contributed by atoms with Gasteiger partial charge >= 0.3 is 0 Å². The summed E-state index contributed by atoms with van der Waals surface area (Å²) in [7, 11) is -2.48. The highest BCUT2D eigenvalue weighted by Gasteiger charge is 2.49. The largest absolute Gasteiger partial charge is 0.432 e. The standard InChI is InChI=1S/C31H42N4O4Si/c1-22-28(15-14-23-9-7-12-25(19-23)35-17-8-13-30(35)37)39-29(31(22)40(2,3)38)16-18-34-20-27(32-33-34)26(21-36)24-10-5-4-6-11-24/h4-7,9-12,19-20,22,26,28-29,31,36,38H,8,13-18,21H2,1-3H3/t22-,26?,28+,29-,31+/m0/s1. The Morgan fingerprint density at radius 3 is 2.60 bits per heavy atom. The number of aliphatic hydroxyl groups is 1. The molecule has 0 spiro atoms. The van der Waals surface area contributed by atoms with Crippen molar-refractivity contribution in [1.82, 2.24) is 15.0 Å². The first-order valence-corrected chi connectivity index (χ1v) is 17.6. The van der Waals surface area contributed by atoms with E-state index in [1.165, 1.54) is 5.56 Å². The summed E-state index contributed by atoms with van der Waals surface area (Å²) in [5.41, 5.74) is 4.09. The minimum absolute atomic E-state index is 0.0305. The van der Waals surface area contributed by atoms with Crippen molar-refractivity contribution in [2.75, 3.05) is 18.1 Å². The maximum atomic E-state index is 12.2. The van der Waals surface area contributed by atoms with Crippen LogP contribution in [0.4, 0.5) is 5.69 Å². The summed E-state index contributed by atoms with van der Waals surface area (Å²) >= 11 is 0. The van der Waals surface area contributed by atoms with Gasteiger partial charge in [0.1, 0.15) is 0 Å². The number of rotatable bonds is 11. The summed E-state index contributed by atoms with van der Waals surface area (Å²) in [4.78, 5) is 25.3. The lowest BCUT2D eigenvalue weighted by Gasteiger charge is -2.30. The number of hydrogen-bond acceptors (Lipinski definition) is 6. The fourth-order valence-electron chi connectivity index (χ4n) is 6.69. The number of carbonyl (C=O) groups is 1. The molecule has 3 aromatic rings. The first-order chi connectivity index (χ1) is 19.2. The van der Waals surface area contributed by atoms with Gasteiger partial charge in [0, 0.05) is 36.9 Å². The summed E-state index contributed by atoms with van der Waals surface area (Å²) in [6, 6.07) is 18.2. The lowest BCUT2D eigenvalue weighted by Crippen LogP contribution is -2.40. The van der Waals surface area contributed by atoms with Gasteiger partial charge in [0.2, 0.25) is 5.91 Å². The fraction of sp³-hybridized carbons (Fsp3) is 0.516. The van der Waals surface area contributed by atoms with E-state index in [9.17, 15) is 14.7 Å². The van der Waals surface area contributed by atoms with E-state index in [0.29, 0.717) is 13.0 Å². The zero-order valence-corrected chi connectivity index (χ0v) is 24.8. The van der Waals surface area contributed by atoms with Crippen LogP contribution in [-0.2, 0) is 22.5 Å². The predicted octanol–water partition coefficient (Wildman–Crippen LogP) is 4.52. The van der Waals surface area contributed by atoms with Gasteiger partial charge in [-0.1, -0.05) is 54.6 Å². The Kier molecular flexibility index (Phi) is 8.85. The van der Waals surface area contributed by atoms with Gasteiger partial charge in [0.25, 0.3) is 0 Å². The second-order valence-electron chi connectivity index (χ2n) is 12.0. The average molecular weight is 563 g/mol. The van der Waals surface area contributed by atoms with Crippen LogP contribution < -0.4 is 4.90 Å². The molecule has 40 heavy (non-hydrogen) atoms. The van der Waals surface area contributed by atoms with E-state index in [-0.39, 0.29) is 42.1 Å². The molecular weight excluding hydrogens is 520 g/mol. The van der Waals surface area contributed by atoms with Gasteiger partial charge in [0.15, 0.2) is 8.32 Å². The van der Waals surface area contributed by atoms with Crippen LogP contribution in [0.5, 0.6) is 0 Å². The quantitative estimate of drug-likeness (QED) is 0.333. The average Bonchev–Trinajstić information content (AvgIpc) is 3.66. The summed E-state index contributed by atoms with van der Waals surface area (Å²) < 4.78 is 8.49. The van der Waals surface area contributed by atoms with Crippen LogP contribution in [0.25, 0.3) is 0 Å². The Morgan fingerprint density at radius 2 is 1.90 bits per heavy atom. The number of amides is 1. The van der Waals surface area contributed by atoms with Gasteiger partial charge in [-0.3, -0.25) is 9.48 Å². The second-order valence-corrected chi connectivity index (χ2v) is 15.9. The molecule has 0 aliphatic carbocycles. The van der Waals surface area contributed by atoms with Crippen molar-refractivity contribution >= 4 is 19.9 Å². The van der Waals surface area contributed by atoms with E-state index < -0.39 is 8.32 Å².